The van der Waals surface area contributed by atoms with E-state index < -0.39 is 0 Å². The third-order valence-electron chi connectivity index (χ3n) is 2.50. The predicted molar refractivity (Wildman–Crippen MR) is 72.7 cm³/mol. The second-order valence-electron chi connectivity index (χ2n) is 4.00. The molecule has 0 aliphatic heterocycles. The van der Waals surface area contributed by atoms with Crippen LogP contribution in [0.1, 0.15) is 25.5 Å². The maximum atomic E-state index is 10.7. The van der Waals surface area contributed by atoms with Gasteiger partial charge in [0, 0.05) is 20.0 Å². The quantitative estimate of drug-likeness (QED) is 0.727. The number of nitrogens with one attached hydrogen (secondary N) is 2. The highest BCUT2D eigenvalue weighted by Gasteiger charge is 2.09. The van der Waals surface area contributed by atoms with Crippen molar-refractivity contribution in [3.63, 3.8) is 0 Å². The van der Waals surface area contributed by atoms with E-state index in [2.05, 4.69) is 16.7 Å². The first kappa shape index (κ1) is 15.0. The van der Waals surface area contributed by atoms with Crippen LogP contribution >= 0.6 is 0 Å². The molecule has 1 unspecified atom stereocenters. The number of carbonyl (C=O) groups is 1. The molecule has 5 heteroatoms. The molecule has 0 aliphatic carbocycles. The average molecular weight is 261 g/mol. The van der Waals surface area contributed by atoms with Crippen molar-refractivity contribution in [3.05, 3.63) is 29.8 Å². The normalized spacial score (nSPS) is 11.4. The zero-order chi connectivity index (χ0) is 14.1. The van der Waals surface area contributed by atoms with Crippen LogP contribution in [0.25, 0.3) is 0 Å². The van der Waals surface area contributed by atoms with Gasteiger partial charge in [-0.1, -0.05) is 12.1 Å². The molecule has 1 rings (SSSR count). The lowest BCUT2D eigenvalue weighted by Crippen LogP contribution is -2.32. The van der Waals surface area contributed by atoms with Crippen molar-refractivity contribution in [3.8, 4) is 11.8 Å². The second-order valence-corrected chi connectivity index (χ2v) is 4.00. The standard InChI is InChI=1S/C14H19N3O2/c1-3-19-13-6-4-12(5-7-13)14(10-15)17-9-8-16-11(2)18/h4-7,14,17H,3,8-9H2,1-2H3,(H,16,18). The van der Waals surface area contributed by atoms with Gasteiger partial charge in [0.05, 0.1) is 12.7 Å². The molecule has 5 nitrogen and oxygen atoms in total. The molecule has 19 heavy (non-hydrogen) atoms. The molecular formula is C14H19N3O2. The van der Waals surface area contributed by atoms with Crippen LogP contribution in [0.4, 0.5) is 0 Å². The van der Waals surface area contributed by atoms with Crippen molar-refractivity contribution < 1.29 is 9.53 Å². The van der Waals surface area contributed by atoms with Crippen LogP contribution in [0.5, 0.6) is 5.75 Å². The molecule has 1 aromatic rings. The van der Waals surface area contributed by atoms with Gasteiger partial charge in [-0.15, -0.1) is 0 Å². The van der Waals surface area contributed by atoms with E-state index in [0.29, 0.717) is 19.7 Å². The molecule has 0 aliphatic rings. The van der Waals surface area contributed by atoms with E-state index in [1.807, 2.05) is 31.2 Å². The number of nitriles is 1. The summed E-state index contributed by atoms with van der Waals surface area (Å²) in [5, 5.41) is 14.9. The Hall–Kier alpha value is -2.06. The summed E-state index contributed by atoms with van der Waals surface area (Å²) >= 11 is 0. The first-order valence-electron chi connectivity index (χ1n) is 6.27. The smallest absolute Gasteiger partial charge is 0.216 e. The van der Waals surface area contributed by atoms with E-state index in [9.17, 15) is 4.79 Å². The monoisotopic (exact) mass is 261 g/mol. The van der Waals surface area contributed by atoms with Gasteiger partial charge in [0.2, 0.25) is 5.91 Å². The zero-order valence-electron chi connectivity index (χ0n) is 11.3. The molecule has 0 saturated heterocycles. The highest BCUT2D eigenvalue weighted by atomic mass is 16.5. The number of benzene rings is 1. The van der Waals surface area contributed by atoms with Crippen LogP contribution in [0.3, 0.4) is 0 Å². The highest BCUT2D eigenvalue weighted by molar-refractivity contribution is 5.72. The van der Waals surface area contributed by atoms with E-state index in [1.54, 1.807) is 0 Å². The van der Waals surface area contributed by atoms with Gasteiger partial charge < -0.3 is 10.1 Å². The van der Waals surface area contributed by atoms with Gasteiger partial charge in [-0.3, -0.25) is 10.1 Å². The SMILES string of the molecule is CCOc1ccc(C(C#N)NCCNC(C)=O)cc1. The summed E-state index contributed by atoms with van der Waals surface area (Å²) in [4.78, 5) is 10.7. The minimum absolute atomic E-state index is 0.0728. The zero-order valence-corrected chi connectivity index (χ0v) is 11.3. The number of amides is 1. The molecule has 0 saturated carbocycles. The molecule has 0 spiro atoms. The summed E-state index contributed by atoms with van der Waals surface area (Å²) in [5.74, 6) is 0.720. The lowest BCUT2D eigenvalue weighted by molar-refractivity contribution is -0.118. The van der Waals surface area contributed by atoms with Crippen molar-refractivity contribution in [2.45, 2.75) is 19.9 Å². The maximum absolute atomic E-state index is 10.7. The summed E-state index contributed by atoms with van der Waals surface area (Å²) < 4.78 is 5.35. The Morgan fingerprint density at radius 1 is 1.37 bits per heavy atom. The Morgan fingerprint density at radius 3 is 2.58 bits per heavy atom. The minimum Gasteiger partial charge on any atom is -0.494 e. The summed E-state index contributed by atoms with van der Waals surface area (Å²) in [6.07, 6.45) is 0. The van der Waals surface area contributed by atoms with Crippen molar-refractivity contribution in [2.75, 3.05) is 19.7 Å². The Balaban J connectivity index is 2.50. The predicted octanol–water partition coefficient (Wildman–Crippen LogP) is 1.38. The second kappa shape index (κ2) is 8.11. The summed E-state index contributed by atoms with van der Waals surface area (Å²) in [6.45, 7) is 5.06. The van der Waals surface area contributed by atoms with Crippen LogP contribution < -0.4 is 15.4 Å². The van der Waals surface area contributed by atoms with Crippen molar-refractivity contribution >= 4 is 5.91 Å². The van der Waals surface area contributed by atoms with Gasteiger partial charge in [0.15, 0.2) is 0 Å². The van der Waals surface area contributed by atoms with Gasteiger partial charge in [0.1, 0.15) is 11.8 Å². The highest BCUT2D eigenvalue weighted by Crippen LogP contribution is 2.17. The molecule has 0 bridgehead atoms. The summed E-state index contributed by atoms with van der Waals surface area (Å²) in [5.41, 5.74) is 0.883. The number of nitrogens with zero attached hydrogens (tertiary/aromatic N) is 1. The molecule has 0 fully saturated rings. The van der Waals surface area contributed by atoms with Crippen molar-refractivity contribution in [2.24, 2.45) is 0 Å². The van der Waals surface area contributed by atoms with Gasteiger partial charge in [-0.05, 0) is 24.6 Å². The van der Waals surface area contributed by atoms with E-state index in [1.165, 1.54) is 6.92 Å². The maximum Gasteiger partial charge on any atom is 0.216 e. The first-order valence-corrected chi connectivity index (χ1v) is 6.27. The fourth-order valence-corrected chi connectivity index (χ4v) is 1.62. The van der Waals surface area contributed by atoms with Crippen molar-refractivity contribution in [1.29, 1.82) is 5.26 Å². The Morgan fingerprint density at radius 2 is 2.05 bits per heavy atom. The molecule has 0 heterocycles. The molecule has 1 aromatic carbocycles. The Labute approximate surface area is 113 Å². The summed E-state index contributed by atoms with van der Waals surface area (Å²) in [7, 11) is 0. The number of rotatable bonds is 7. The molecule has 0 radical (unpaired) electrons. The van der Waals surface area contributed by atoms with Gasteiger partial charge in [0.25, 0.3) is 0 Å². The van der Waals surface area contributed by atoms with E-state index >= 15 is 0 Å². The molecule has 1 amide bonds. The third kappa shape index (κ3) is 5.40. The van der Waals surface area contributed by atoms with E-state index in [-0.39, 0.29) is 11.9 Å². The minimum atomic E-state index is -0.385. The van der Waals surface area contributed by atoms with Gasteiger partial charge in [-0.2, -0.15) is 5.26 Å². The largest absolute Gasteiger partial charge is 0.494 e. The Kier molecular flexibility index (Phi) is 6.41. The van der Waals surface area contributed by atoms with Crippen LogP contribution in [0, 0.1) is 11.3 Å². The van der Waals surface area contributed by atoms with Crippen LogP contribution in [-0.2, 0) is 4.79 Å². The van der Waals surface area contributed by atoms with E-state index in [0.717, 1.165) is 11.3 Å². The molecule has 1 atom stereocenters. The van der Waals surface area contributed by atoms with Crippen LogP contribution in [-0.4, -0.2) is 25.6 Å². The number of hydrogen-bond donors (Lipinski definition) is 2. The number of hydrogen-bond acceptors (Lipinski definition) is 4. The molecule has 102 valence electrons. The lowest BCUT2D eigenvalue weighted by atomic mass is 10.1. The average Bonchev–Trinajstić information content (AvgIpc) is 2.40. The Bertz CT molecular complexity index is 437. The number of carbonyl (C=O) groups excluding carboxylic acids is 1. The van der Waals surface area contributed by atoms with E-state index in [4.69, 9.17) is 10.00 Å². The number of ether oxygens (including phenoxy) is 1. The van der Waals surface area contributed by atoms with Crippen LogP contribution in [0.15, 0.2) is 24.3 Å². The lowest BCUT2D eigenvalue weighted by Gasteiger charge is -2.12. The van der Waals surface area contributed by atoms with Crippen LogP contribution in [0.2, 0.25) is 0 Å². The third-order valence-corrected chi connectivity index (χ3v) is 2.50. The summed E-state index contributed by atoms with van der Waals surface area (Å²) in [6, 6.07) is 9.23. The fraction of sp³-hybridized carbons (Fsp3) is 0.429. The van der Waals surface area contributed by atoms with Crippen molar-refractivity contribution in [1.82, 2.24) is 10.6 Å². The van der Waals surface area contributed by atoms with Gasteiger partial charge >= 0.3 is 0 Å². The fourth-order valence-electron chi connectivity index (χ4n) is 1.62. The molecule has 2 N–H and O–H groups in total. The topological polar surface area (TPSA) is 74.2 Å². The van der Waals surface area contributed by atoms with Gasteiger partial charge in [-0.25, -0.2) is 0 Å². The molecular weight excluding hydrogens is 242 g/mol. The first-order chi connectivity index (χ1) is 9.17. The molecule has 0 aromatic heterocycles.